The van der Waals surface area contributed by atoms with Crippen LogP contribution in [-0.4, -0.2) is 4.92 Å². The fourth-order valence-corrected chi connectivity index (χ4v) is 1.96. The third-order valence-electron chi connectivity index (χ3n) is 2.75. The monoisotopic (exact) mass is 189 g/mol. The first kappa shape index (κ1) is 8.94. The van der Waals surface area contributed by atoms with Crippen molar-refractivity contribution in [3.63, 3.8) is 0 Å². The van der Waals surface area contributed by atoms with Gasteiger partial charge >= 0.3 is 0 Å². The molecule has 0 saturated carbocycles. The second-order valence-corrected chi connectivity index (χ2v) is 3.59. The van der Waals surface area contributed by atoms with Crippen LogP contribution in [0.25, 0.3) is 6.08 Å². The second-order valence-electron chi connectivity index (χ2n) is 3.59. The highest BCUT2D eigenvalue weighted by molar-refractivity contribution is 5.69. The number of nitrogens with zero attached hydrogens (tertiary/aromatic N) is 1. The highest BCUT2D eigenvalue weighted by Crippen LogP contribution is 2.32. The summed E-state index contributed by atoms with van der Waals surface area (Å²) in [5.74, 6) is 0. The number of fused-ring (bicyclic) bond motifs is 1. The number of allylic oxidation sites excluding steroid dienone is 1. The van der Waals surface area contributed by atoms with E-state index in [4.69, 9.17) is 0 Å². The summed E-state index contributed by atoms with van der Waals surface area (Å²) in [7, 11) is 0. The van der Waals surface area contributed by atoms with E-state index < -0.39 is 0 Å². The maximum absolute atomic E-state index is 10.8. The third-order valence-corrected chi connectivity index (χ3v) is 2.75. The van der Waals surface area contributed by atoms with Crippen LogP contribution >= 0.6 is 0 Å². The summed E-state index contributed by atoms with van der Waals surface area (Å²) >= 11 is 0. The Hall–Kier alpha value is -1.64. The number of nitro groups is 1. The van der Waals surface area contributed by atoms with Gasteiger partial charge in [0.25, 0.3) is 5.69 Å². The maximum atomic E-state index is 10.8. The minimum Gasteiger partial charge on any atom is -0.258 e. The Bertz CT molecular complexity index is 447. The molecule has 0 aromatic heterocycles. The predicted octanol–water partition coefficient (Wildman–Crippen LogP) is 2.78. The molecule has 1 aromatic carbocycles. The van der Waals surface area contributed by atoms with Crippen molar-refractivity contribution in [3.8, 4) is 0 Å². The highest BCUT2D eigenvalue weighted by atomic mass is 16.6. The lowest BCUT2D eigenvalue weighted by Gasteiger charge is -2.07. The van der Waals surface area contributed by atoms with Crippen molar-refractivity contribution >= 4 is 11.8 Å². The van der Waals surface area contributed by atoms with Gasteiger partial charge in [0.05, 0.1) is 4.92 Å². The minimum absolute atomic E-state index is 0.229. The van der Waals surface area contributed by atoms with Gasteiger partial charge in [0.1, 0.15) is 0 Å². The first-order valence-electron chi connectivity index (χ1n) is 4.55. The molecule has 0 spiro atoms. The minimum atomic E-state index is -0.311. The molecule has 0 radical (unpaired) electrons. The van der Waals surface area contributed by atoms with Crippen LogP contribution < -0.4 is 0 Å². The van der Waals surface area contributed by atoms with E-state index in [1.165, 1.54) is 5.56 Å². The van der Waals surface area contributed by atoms with E-state index in [0.29, 0.717) is 0 Å². The molecule has 72 valence electrons. The number of rotatable bonds is 1. The molecular weight excluding hydrogens is 178 g/mol. The van der Waals surface area contributed by atoms with Crippen LogP contribution in [0.2, 0.25) is 0 Å². The van der Waals surface area contributed by atoms with Crippen LogP contribution in [0, 0.1) is 24.0 Å². The van der Waals surface area contributed by atoms with Gasteiger partial charge in [-0.25, -0.2) is 0 Å². The van der Waals surface area contributed by atoms with Crippen molar-refractivity contribution < 1.29 is 4.92 Å². The fourth-order valence-electron chi connectivity index (χ4n) is 1.96. The SMILES string of the molecule is Cc1cc([N+](=O)[O-])c(C)c2c1CC=C2. The molecule has 0 unspecified atom stereocenters. The number of aryl methyl sites for hydroxylation is 1. The Balaban J connectivity index is 2.73. The number of nitro benzene ring substituents is 1. The summed E-state index contributed by atoms with van der Waals surface area (Å²) in [4.78, 5) is 10.4. The van der Waals surface area contributed by atoms with Crippen molar-refractivity contribution in [1.29, 1.82) is 0 Å². The van der Waals surface area contributed by atoms with Gasteiger partial charge in [0.15, 0.2) is 0 Å². The fraction of sp³-hybridized carbons (Fsp3) is 0.273. The standard InChI is InChI=1S/C11H11NO2/c1-7-6-11(12(13)14)8(2)10-5-3-4-9(7)10/h3,5-6H,4H2,1-2H3. The first-order chi connectivity index (χ1) is 6.61. The van der Waals surface area contributed by atoms with Gasteiger partial charge in [-0.05, 0) is 37.0 Å². The summed E-state index contributed by atoms with van der Waals surface area (Å²) in [5, 5.41) is 10.8. The summed E-state index contributed by atoms with van der Waals surface area (Å²) in [6.07, 6.45) is 4.93. The van der Waals surface area contributed by atoms with Gasteiger partial charge in [-0.1, -0.05) is 12.2 Å². The Kier molecular flexibility index (Phi) is 1.88. The van der Waals surface area contributed by atoms with E-state index in [2.05, 4.69) is 0 Å². The zero-order chi connectivity index (χ0) is 10.3. The molecule has 0 amide bonds. The first-order valence-corrected chi connectivity index (χ1v) is 4.55. The summed E-state index contributed by atoms with van der Waals surface area (Å²) in [6, 6.07) is 1.67. The molecule has 0 aliphatic heterocycles. The van der Waals surface area contributed by atoms with E-state index in [1.807, 2.05) is 26.0 Å². The van der Waals surface area contributed by atoms with E-state index in [9.17, 15) is 10.1 Å². The topological polar surface area (TPSA) is 43.1 Å². The van der Waals surface area contributed by atoms with Crippen molar-refractivity contribution in [3.05, 3.63) is 44.5 Å². The molecule has 3 nitrogen and oxygen atoms in total. The quantitative estimate of drug-likeness (QED) is 0.503. The van der Waals surface area contributed by atoms with Gasteiger partial charge in [-0.2, -0.15) is 0 Å². The molecule has 0 bridgehead atoms. The van der Waals surface area contributed by atoms with Crippen LogP contribution in [0.5, 0.6) is 0 Å². The van der Waals surface area contributed by atoms with Gasteiger partial charge in [-0.15, -0.1) is 0 Å². The molecule has 0 N–H and O–H groups in total. The zero-order valence-corrected chi connectivity index (χ0v) is 8.20. The lowest BCUT2D eigenvalue weighted by atomic mass is 9.98. The van der Waals surface area contributed by atoms with Crippen molar-refractivity contribution in [2.24, 2.45) is 0 Å². The Labute approximate surface area is 82.2 Å². The zero-order valence-electron chi connectivity index (χ0n) is 8.20. The molecule has 1 aromatic rings. The van der Waals surface area contributed by atoms with Gasteiger partial charge in [0.2, 0.25) is 0 Å². The second kappa shape index (κ2) is 2.94. The van der Waals surface area contributed by atoms with Crippen LogP contribution in [0.4, 0.5) is 5.69 Å². The smallest absolute Gasteiger partial charge is 0.258 e. The molecule has 0 saturated heterocycles. The van der Waals surface area contributed by atoms with Crippen LogP contribution in [0.15, 0.2) is 12.1 Å². The molecule has 0 fully saturated rings. The molecule has 14 heavy (non-hydrogen) atoms. The maximum Gasteiger partial charge on any atom is 0.273 e. The lowest BCUT2D eigenvalue weighted by molar-refractivity contribution is -0.385. The van der Waals surface area contributed by atoms with Gasteiger partial charge in [0, 0.05) is 11.6 Å². The highest BCUT2D eigenvalue weighted by Gasteiger charge is 2.19. The van der Waals surface area contributed by atoms with Crippen molar-refractivity contribution in [2.75, 3.05) is 0 Å². The number of hydrogen-bond acceptors (Lipinski definition) is 2. The predicted molar refractivity (Wildman–Crippen MR) is 55.3 cm³/mol. The Morgan fingerprint density at radius 2 is 2.14 bits per heavy atom. The van der Waals surface area contributed by atoms with Gasteiger partial charge in [-0.3, -0.25) is 10.1 Å². The normalized spacial score (nSPS) is 13.0. The van der Waals surface area contributed by atoms with E-state index >= 15 is 0 Å². The van der Waals surface area contributed by atoms with Crippen molar-refractivity contribution in [2.45, 2.75) is 20.3 Å². The average molecular weight is 189 g/mol. The number of benzene rings is 1. The molecule has 1 aliphatic carbocycles. The van der Waals surface area contributed by atoms with Crippen LogP contribution in [-0.2, 0) is 6.42 Å². The molecule has 3 heteroatoms. The molecule has 2 rings (SSSR count). The van der Waals surface area contributed by atoms with Crippen LogP contribution in [0.1, 0.15) is 22.3 Å². The molecule has 0 atom stereocenters. The summed E-state index contributed by atoms with van der Waals surface area (Å²) in [6.45, 7) is 3.74. The molecular formula is C11H11NO2. The molecule has 1 aliphatic rings. The van der Waals surface area contributed by atoms with Gasteiger partial charge < -0.3 is 0 Å². The van der Waals surface area contributed by atoms with E-state index in [1.54, 1.807) is 6.07 Å². The van der Waals surface area contributed by atoms with E-state index in [0.717, 1.165) is 23.1 Å². The lowest BCUT2D eigenvalue weighted by Crippen LogP contribution is -1.98. The Morgan fingerprint density at radius 1 is 1.43 bits per heavy atom. The third kappa shape index (κ3) is 1.13. The summed E-state index contributed by atoms with van der Waals surface area (Å²) < 4.78 is 0. The molecule has 0 heterocycles. The number of hydrogen-bond donors (Lipinski definition) is 0. The van der Waals surface area contributed by atoms with Crippen molar-refractivity contribution in [1.82, 2.24) is 0 Å². The Morgan fingerprint density at radius 3 is 2.79 bits per heavy atom. The largest absolute Gasteiger partial charge is 0.273 e. The van der Waals surface area contributed by atoms with Crippen LogP contribution in [0.3, 0.4) is 0 Å². The summed E-state index contributed by atoms with van der Waals surface area (Å²) in [5.41, 5.74) is 4.30. The van der Waals surface area contributed by atoms with E-state index in [-0.39, 0.29) is 10.6 Å². The average Bonchev–Trinajstić information content (AvgIpc) is 2.59.